The number of carbonyl (C=O) groups is 1. The van der Waals surface area contributed by atoms with E-state index in [0.29, 0.717) is 12.0 Å². The van der Waals surface area contributed by atoms with Crippen molar-refractivity contribution in [3.05, 3.63) is 83.4 Å². The number of aryl methyl sites for hydroxylation is 1. The van der Waals surface area contributed by atoms with Crippen LogP contribution in [-0.4, -0.2) is 26.7 Å². The number of benzene rings is 2. The Hall–Kier alpha value is -2.92. The number of aromatic nitrogens is 2. The van der Waals surface area contributed by atoms with E-state index in [9.17, 15) is 9.90 Å². The van der Waals surface area contributed by atoms with Crippen LogP contribution < -0.4 is 5.32 Å². The van der Waals surface area contributed by atoms with Crippen molar-refractivity contribution in [1.82, 2.24) is 14.9 Å². The lowest BCUT2D eigenvalue weighted by Gasteiger charge is -2.18. The number of rotatable bonds is 3. The van der Waals surface area contributed by atoms with Crippen molar-refractivity contribution in [2.75, 3.05) is 0 Å². The van der Waals surface area contributed by atoms with E-state index in [1.165, 1.54) is 0 Å². The van der Waals surface area contributed by atoms with Gasteiger partial charge in [0.05, 0.1) is 24.2 Å². The van der Waals surface area contributed by atoms with Crippen molar-refractivity contribution in [1.29, 1.82) is 0 Å². The molecule has 1 aliphatic rings. The van der Waals surface area contributed by atoms with Crippen LogP contribution in [0.25, 0.3) is 5.69 Å². The van der Waals surface area contributed by atoms with Gasteiger partial charge in [-0.05, 0) is 35.7 Å². The highest BCUT2D eigenvalue weighted by Crippen LogP contribution is 2.31. The van der Waals surface area contributed by atoms with E-state index in [1.807, 2.05) is 54.1 Å². The van der Waals surface area contributed by atoms with Crippen molar-refractivity contribution < 1.29 is 9.90 Å². The molecule has 2 atom stereocenters. The average molecular weight is 333 g/mol. The van der Waals surface area contributed by atoms with Crippen molar-refractivity contribution in [2.24, 2.45) is 0 Å². The zero-order valence-electron chi connectivity index (χ0n) is 13.9. The lowest BCUT2D eigenvalue weighted by atomic mass is 10.1. The molecule has 4 rings (SSSR count). The number of aliphatic hydroxyl groups excluding tert-OH is 1. The summed E-state index contributed by atoms with van der Waals surface area (Å²) in [6.07, 6.45) is 5.23. The molecular formula is C20H19N3O2. The van der Waals surface area contributed by atoms with E-state index < -0.39 is 6.10 Å². The van der Waals surface area contributed by atoms with Crippen molar-refractivity contribution in [2.45, 2.75) is 25.5 Å². The predicted molar refractivity (Wildman–Crippen MR) is 94.7 cm³/mol. The van der Waals surface area contributed by atoms with E-state index in [-0.39, 0.29) is 11.9 Å². The largest absolute Gasteiger partial charge is 0.390 e. The second kappa shape index (κ2) is 6.18. The normalized spacial score (nSPS) is 18.8. The molecule has 0 saturated carbocycles. The van der Waals surface area contributed by atoms with Crippen LogP contribution in [0.15, 0.2) is 61.2 Å². The van der Waals surface area contributed by atoms with Gasteiger partial charge in [0.1, 0.15) is 0 Å². The van der Waals surface area contributed by atoms with Crippen LogP contribution in [0.5, 0.6) is 0 Å². The Morgan fingerprint density at radius 2 is 2.12 bits per heavy atom. The van der Waals surface area contributed by atoms with Crippen LogP contribution in [-0.2, 0) is 6.42 Å². The number of imidazole rings is 1. The summed E-state index contributed by atoms with van der Waals surface area (Å²) in [5.74, 6) is -0.192. The summed E-state index contributed by atoms with van der Waals surface area (Å²) in [6.45, 7) is 1.99. The first-order chi connectivity index (χ1) is 12.1. The Kier molecular flexibility index (Phi) is 3.86. The van der Waals surface area contributed by atoms with Gasteiger partial charge in [-0.25, -0.2) is 4.98 Å². The minimum absolute atomic E-state index is 0.192. The van der Waals surface area contributed by atoms with Crippen molar-refractivity contribution >= 4 is 5.91 Å². The molecule has 1 amide bonds. The Morgan fingerprint density at radius 1 is 1.28 bits per heavy atom. The zero-order chi connectivity index (χ0) is 17.4. The maximum atomic E-state index is 12.7. The SMILES string of the molecule is Cc1ccc(C(=O)N[C@H]2c3ccccc3C[C@H]2O)cc1-n1ccnc1. The first-order valence-electron chi connectivity index (χ1n) is 8.29. The van der Waals surface area contributed by atoms with E-state index in [4.69, 9.17) is 0 Å². The van der Waals surface area contributed by atoms with Gasteiger partial charge in [0.2, 0.25) is 0 Å². The summed E-state index contributed by atoms with van der Waals surface area (Å²) in [7, 11) is 0. The number of fused-ring (bicyclic) bond motifs is 1. The average Bonchev–Trinajstić information content (AvgIpc) is 3.24. The van der Waals surface area contributed by atoms with Gasteiger partial charge in [-0.2, -0.15) is 0 Å². The molecule has 1 heterocycles. The molecule has 5 heteroatoms. The number of aliphatic hydroxyl groups is 1. The minimum Gasteiger partial charge on any atom is -0.390 e. The number of nitrogens with zero attached hydrogens (tertiary/aromatic N) is 2. The molecule has 25 heavy (non-hydrogen) atoms. The molecule has 0 spiro atoms. The topological polar surface area (TPSA) is 67.2 Å². The molecule has 0 unspecified atom stereocenters. The number of hydrogen-bond acceptors (Lipinski definition) is 3. The number of carbonyl (C=O) groups excluding carboxylic acids is 1. The summed E-state index contributed by atoms with van der Waals surface area (Å²) in [5.41, 5.74) is 4.61. The molecule has 2 N–H and O–H groups in total. The summed E-state index contributed by atoms with van der Waals surface area (Å²) >= 11 is 0. The van der Waals surface area contributed by atoms with E-state index >= 15 is 0 Å². The highest BCUT2D eigenvalue weighted by Gasteiger charge is 2.32. The fourth-order valence-corrected chi connectivity index (χ4v) is 3.40. The van der Waals surface area contributed by atoms with Gasteiger partial charge in [-0.3, -0.25) is 4.79 Å². The van der Waals surface area contributed by atoms with Crippen LogP contribution in [0.4, 0.5) is 0 Å². The fourth-order valence-electron chi connectivity index (χ4n) is 3.40. The molecule has 5 nitrogen and oxygen atoms in total. The van der Waals surface area contributed by atoms with Gasteiger partial charge in [0.15, 0.2) is 0 Å². The zero-order valence-corrected chi connectivity index (χ0v) is 13.9. The molecular weight excluding hydrogens is 314 g/mol. The molecule has 1 aromatic heterocycles. The molecule has 1 aliphatic carbocycles. The van der Waals surface area contributed by atoms with Crippen LogP contribution in [0.2, 0.25) is 0 Å². The highest BCUT2D eigenvalue weighted by molar-refractivity contribution is 5.95. The summed E-state index contributed by atoms with van der Waals surface area (Å²) in [6, 6.07) is 13.0. The third-order valence-electron chi connectivity index (χ3n) is 4.74. The van der Waals surface area contributed by atoms with Crippen LogP contribution in [0.1, 0.15) is 33.1 Å². The maximum Gasteiger partial charge on any atom is 0.251 e. The van der Waals surface area contributed by atoms with Crippen LogP contribution in [0, 0.1) is 6.92 Å². The third-order valence-corrected chi connectivity index (χ3v) is 4.74. The quantitative estimate of drug-likeness (QED) is 0.774. The molecule has 0 saturated heterocycles. The fraction of sp³-hybridized carbons (Fsp3) is 0.200. The number of hydrogen-bond donors (Lipinski definition) is 2. The molecule has 0 fully saturated rings. The van der Waals surface area contributed by atoms with Gasteiger partial charge < -0.3 is 15.0 Å². The van der Waals surface area contributed by atoms with E-state index in [2.05, 4.69) is 10.3 Å². The molecule has 3 aromatic rings. The first kappa shape index (κ1) is 15.6. The van der Waals surface area contributed by atoms with Gasteiger partial charge in [-0.15, -0.1) is 0 Å². The van der Waals surface area contributed by atoms with Gasteiger partial charge in [0.25, 0.3) is 5.91 Å². The second-order valence-electron chi connectivity index (χ2n) is 6.39. The van der Waals surface area contributed by atoms with Crippen molar-refractivity contribution in [3.63, 3.8) is 0 Å². The smallest absolute Gasteiger partial charge is 0.251 e. The van der Waals surface area contributed by atoms with Gasteiger partial charge in [0, 0.05) is 24.4 Å². The van der Waals surface area contributed by atoms with Gasteiger partial charge >= 0.3 is 0 Å². The monoisotopic (exact) mass is 333 g/mol. The molecule has 2 aromatic carbocycles. The van der Waals surface area contributed by atoms with E-state index in [0.717, 1.165) is 22.4 Å². The molecule has 126 valence electrons. The Bertz CT molecular complexity index is 918. The Morgan fingerprint density at radius 3 is 2.92 bits per heavy atom. The Labute approximate surface area is 146 Å². The van der Waals surface area contributed by atoms with Gasteiger partial charge in [-0.1, -0.05) is 30.3 Å². The van der Waals surface area contributed by atoms with E-state index in [1.54, 1.807) is 18.6 Å². The minimum atomic E-state index is -0.597. The summed E-state index contributed by atoms with van der Waals surface area (Å²) in [5, 5.41) is 13.3. The number of amides is 1. The summed E-state index contributed by atoms with van der Waals surface area (Å²) < 4.78 is 1.88. The molecule has 0 radical (unpaired) electrons. The third kappa shape index (κ3) is 2.83. The van der Waals surface area contributed by atoms with Crippen LogP contribution >= 0.6 is 0 Å². The van der Waals surface area contributed by atoms with Crippen molar-refractivity contribution in [3.8, 4) is 5.69 Å². The second-order valence-corrected chi connectivity index (χ2v) is 6.39. The Balaban J connectivity index is 1.61. The standard InChI is InChI=1S/C20H19N3O2/c1-13-6-7-15(10-17(13)23-9-8-21-12-23)20(25)22-19-16-5-3-2-4-14(16)11-18(19)24/h2-10,12,18-19,24H,11H2,1H3,(H,22,25)/t18-,19+/m1/s1. The molecule has 0 aliphatic heterocycles. The molecule has 0 bridgehead atoms. The predicted octanol–water partition coefficient (Wildman–Crippen LogP) is 2.57. The maximum absolute atomic E-state index is 12.7. The number of nitrogens with one attached hydrogen (secondary N) is 1. The lowest BCUT2D eigenvalue weighted by molar-refractivity contribution is 0.0858. The lowest BCUT2D eigenvalue weighted by Crippen LogP contribution is -2.33. The highest BCUT2D eigenvalue weighted by atomic mass is 16.3. The van der Waals surface area contributed by atoms with Crippen LogP contribution in [0.3, 0.4) is 0 Å². The summed E-state index contributed by atoms with van der Waals surface area (Å²) in [4.78, 5) is 16.8. The first-order valence-corrected chi connectivity index (χ1v) is 8.29.